The largest absolute Gasteiger partial charge is 0.488 e. The van der Waals surface area contributed by atoms with E-state index in [9.17, 15) is 10.1 Å². The molecule has 0 aliphatic rings. The van der Waals surface area contributed by atoms with E-state index >= 15 is 0 Å². The Morgan fingerprint density at radius 2 is 2.00 bits per heavy atom. The Bertz CT molecular complexity index is 647. The number of nitrogens with one attached hydrogen (secondary N) is 1. The van der Waals surface area contributed by atoms with E-state index in [1.165, 1.54) is 6.07 Å². The van der Waals surface area contributed by atoms with Crippen LogP contribution in [-0.4, -0.2) is 12.0 Å². The van der Waals surface area contributed by atoms with E-state index in [1.54, 1.807) is 12.1 Å². The van der Waals surface area contributed by atoms with Gasteiger partial charge >= 0.3 is 0 Å². The van der Waals surface area contributed by atoms with E-state index in [1.807, 2.05) is 31.3 Å². The lowest BCUT2D eigenvalue weighted by atomic mass is 10.2. The predicted molar refractivity (Wildman–Crippen MR) is 81.6 cm³/mol. The Balaban J connectivity index is 2.23. The number of ether oxygens (including phenoxy) is 1. The molecule has 0 heterocycles. The third-order valence-corrected chi connectivity index (χ3v) is 3.36. The first-order valence-electron chi connectivity index (χ1n) is 6.40. The molecule has 0 spiro atoms. The summed E-state index contributed by atoms with van der Waals surface area (Å²) in [6, 6.07) is 12.1. The second-order valence-corrected chi connectivity index (χ2v) is 4.83. The summed E-state index contributed by atoms with van der Waals surface area (Å²) in [5.41, 5.74) is 1.33. The number of nitro benzene ring substituents is 1. The molecule has 6 heteroatoms. The molecule has 0 radical (unpaired) electrons. The van der Waals surface area contributed by atoms with Gasteiger partial charge in [0.2, 0.25) is 0 Å². The first-order chi connectivity index (χ1) is 10.1. The van der Waals surface area contributed by atoms with Gasteiger partial charge in [-0.15, -0.1) is 0 Å². The molecule has 2 aromatic rings. The second-order valence-electron chi connectivity index (χ2n) is 4.42. The third-order valence-electron chi connectivity index (χ3n) is 3.00. The van der Waals surface area contributed by atoms with E-state index in [0.29, 0.717) is 22.9 Å². The molecule has 0 bridgehead atoms. The molecule has 110 valence electrons. The smallest absolute Gasteiger partial charge is 0.277 e. The van der Waals surface area contributed by atoms with Crippen molar-refractivity contribution in [1.29, 1.82) is 0 Å². The average Bonchev–Trinajstić information content (AvgIpc) is 2.47. The number of benzene rings is 2. The molecule has 0 unspecified atom stereocenters. The van der Waals surface area contributed by atoms with Crippen molar-refractivity contribution in [3.63, 3.8) is 0 Å². The van der Waals surface area contributed by atoms with Crippen LogP contribution in [0.4, 0.5) is 5.69 Å². The summed E-state index contributed by atoms with van der Waals surface area (Å²) < 4.78 is 5.72. The predicted octanol–water partition coefficient (Wildman–Crippen LogP) is 3.55. The molecule has 0 saturated carbocycles. The molecule has 1 N–H and O–H groups in total. The molecule has 21 heavy (non-hydrogen) atoms. The van der Waals surface area contributed by atoms with E-state index in [4.69, 9.17) is 16.3 Å². The molecule has 0 saturated heterocycles. The molecule has 0 fully saturated rings. The highest BCUT2D eigenvalue weighted by Gasteiger charge is 2.17. The van der Waals surface area contributed by atoms with Crippen LogP contribution in [0.5, 0.6) is 5.75 Å². The van der Waals surface area contributed by atoms with E-state index in [2.05, 4.69) is 5.32 Å². The summed E-state index contributed by atoms with van der Waals surface area (Å²) >= 11 is 6.04. The molecule has 0 aliphatic heterocycles. The van der Waals surface area contributed by atoms with Crippen LogP contribution in [-0.2, 0) is 13.2 Å². The van der Waals surface area contributed by atoms with Crippen LogP contribution in [0.25, 0.3) is 0 Å². The fourth-order valence-corrected chi connectivity index (χ4v) is 2.22. The fourth-order valence-electron chi connectivity index (χ4n) is 1.99. The Morgan fingerprint density at radius 3 is 2.71 bits per heavy atom. The van der Waals surface area contributed by atoms with Crippen molar-refractivity contribution in [1.82, 2.24) is 5.32 Å². The number of nitrogens with zero attached hydrogens (tertiary/aromatic N) is 1. The molecule has 2 rings (SSSR count). The maximum Gasteiger partial charge on any atom is 0.277 e. The number of para-hydroxylation sites is 1. The molecular weight excluding hydrogens is 292 g/mol. The van der Waals surface area contributed by atoms with Gasteiger partial charge in [-0.25, -0.2) is 0 Å². The van der Waals surface area contributed by atoms with Gasteiger partial charge in [-0.1, -0.05) is 35.9 Å². The summed E-state index contributed by atoms with van der Waals surface area (Å²) in [7, 11) is 1.84. The lowest BCUT2D eigenvalue weighted by Crippen LogP contribution is -2.08. The lowest BCUT2D eigenvalue weighted by Gasteiger charge is -2.12. The highest BCUT2D eigenvalue weighted by atomic mass is 35.5. The normalized spacial score (nSPS) is 10.4. The summed E-state index contributed by atoms with van der Waals surface area (Å²) in [4.78, 5) is 10.6. The van der Waals surface area contributed by atoms with Crippen LogP contribution in [0.3, 0.4) is 0 Å². The van der Waals surface area contributed by atoms with Crippen molar-refractivity contribution in [2.24, 2.45) is 0 Å². The molecular formula is C15H15ClN2O3. The number of nitro groups is 1. The van der Waals surface area contributed by atoms with Gasteiger partial charge in [-0.05, 0) is 19.2 Å². The SMILES string of the molecule is CNCc1ccccc1OCc1c(Cl)cccc1[N+](=O)[O-]. The van der Waals surface area contributed by atoms with Gasteiger partial charge in [0.25, 0.3) is 5.69 Å². The quantitative estimate of drug-likeness (QED) is 0.655. The first-order valence-corrected chi connectivity index (χ1v) is 6.78. The van der Waals surface area contributed by atoms with Crippen LogP contribution < -0.4 is 10.1 Å². The number of rotatable bonds is 6. The second kappa shape index (κ2) is 7.06. The maximum absolute atomic E-state index is 11.0. The van der Waals surface area contributed by atoms with Gasteiger partial charge in [0.05, 0.1) is 15.5 Å². The zero-order chi connectivity index (χ0) is 15.2. The minimum atomic E-state index is -0.454. The molecule has 5 nitrogen and oxygen atoms in total. The Hall–Kier alpha value is -2.11. The topological polar surface area (TPSA) is 64.4 Å². The molecule has 0 aliphatic carbocycles. The van der Waals surface area contributed by atoms with Crippen molar-refractivity contribution < 1.29 is 9.66 Å². The number of hydrogen-bond acceptors (Lipinski definition) is 4. The molecule has 0 aromatic heterocycles. The van der Waals surface area contributed by atoms with Crippen molar-refractivity contribution in [3.05, 3.63) is 68.7 Å². The van der Waals surface area contributed by atoms with Crippen LogP contribution >= 0.6 is 11.6 Å². The van der Waals surface area contributed by atoms with Gasteiger partial charge in [0.15, 0.2) is 0 Å². The van der Waals surface area contributed by atoms with Crippen LogP contribution in [0, 0.1) is 10.1 Å². The monoisotopic (exact) mass is 306 g/mol. The first kappa shape index (κ1) is 15.3. The van der Waals surface area contributed by atoms with Crippen molar-refractivity contribution in [3.8, 4) is 5.75 Å². The van der Waals surface area contributed by atoms with Crippen molar-refractivity contribution in [2.75, 3.05) is 7.05 Å². The lowest BCUT2D eigenvalue weighted by molar-refractivity contribution is -0.385. The van der Waals surface area contributed by atoms with Gasteiger partial charge in [0, 0.05) is 18.2 Å². The van der Waals surface area contributed by atoms with Gasteiger partial charge < -0.3 is 10.1 Å². The number of hydrogen-bond donors (Lipinski definition) is 1. The summed E-state index contributed by atoms with van der Waals surface area (Å²) in [5.74, 6) is 0.682. The average molecular weight is 307 g/mol. The van der Waals surface area contributed by atoms with E-state index < -0.39 is 4.92 Å². The molecule has 0 amide bonds. The summed E-state index contributed by atoms with van der Waals surface area (Å²) in [5, 5.41) is 14.4. The minimum absolute atomic E-state index is 0.0337. The summed E-state index contributed by atoms with van der Waals surface area (Å²) in [6.07, 6.45) is 0. The van der Waals surface area contributed by atoms with Gasteiger partial charge in [-0.3, -0.25) is 10.1 Å². The van der Waals surface area contributed by atoms with Crippen molar-refractivity contribution in [2.45, 2.75) is 13.2 Å². The minimum Gasteiger partial charge on any atom is -0.488 e. The molecule has 2 aromatic carbocycles. The maximum atomic E-state index is 11.0. The van der Waals surface area contributed by atoms with E-state index in [-0.39, 0.29) is 12.3 Å². The molecule has 0 atom stereocenters. The number of halogens is 1. The highest BCUT2D eigenvalue weighted by Crippen LogP contribution is 2.28. The van der Waals surface area contributed by atoms with Gasteiger partial charge in [-0.2, -0.15) is 0 Å². The van der Waals surface area contributed by atoms with E-state index in [0.717, 1.165) is 5.56 Å². The summed E-state index contributed by atoms with van der Waals surface area (Å²) in [6.45, 7) is 0.706. The zero-order valence-electron chi connectivity index (χ0n) is 11.5. The van der Waals surface area contributed by atoms with Crippen LogP contribution in [0.1, 0.15) is 11.1 Å². The third kappa shape index (κ3) is 3.71. The van der Waals surface area contributed by atoms with Crippen molar-refractivity contribution >= 4 is 17.3 Å². The Kier molecular flexibility index (Phi) is 5.14. The Labute approximate surface area is 127 Å². The standard InChI is InChI=1S/C15H15ClN2O3/c1-17-9-11-5-2-3-8-15(11)21-10-12-13(16)6-4-7-14(12)18(19)20/h2-8,17H,9-10H2,1H3. The Morgan fingerprint density at radius 1 is 1.24 bits per heavy atom. The highest BCUT2D eigenvalue weighted by molar-refractivity contribution is 6.31. The fraction of sp³-hybridized carbons (Fsp3) is 0.200. The van der Waals surface area contributed by atoms with Crippen LogP contribution in [0.2, 0.25) is 5.02 Å². The van der Waals surface area contributed by atoms with Gasteiger partial charge in [0.1, 0.15) is 12.4 Å². The van der Waals surface area contributed by atoms with Crippen LogP contribution in [0.15, 0.2) is 42.5 Å². The zero-order valence-corrected chi connectivity index (χ0v) is 12.3.